The Kier molecular flexibility index (Phi) is 5.89. The summed E-state index contributed by atoms with van der Waals surface area (Å²) < 4.78 is 12.8. The third-order valence-corrected chi connectivity index (χ3v) is 5.37. The molecule has 1 aliphatic heterocycles. The summed E-state index contributed by atoms with van der Waals surface area (Å²) >= 11 is 0. The second-order valence-electron chi connectivity index (χ2n) is 7.73. The molecule has 0 spiro atoms. The van der Waals surface area contributed by atoms with Gasteiger partial charge in [0.05, 0.1) is 36.2 Å². The van der Waals surface area contributed by atoms with Crippen molar-refractivity contribution < 1.29 is 14.3 Å². The van der Waals surface area contributed by atoms with E-state index in [4.69, 9.17) is 25.9 Å². The van der Waals surface area contributed by atoms with Gasteiger partial charge in [-0.25, -0.2) is 4.98 Å². The number of hydrogen-bond acceptors (Lipinski definition) is 11. The number of anilines is 4. The SMILES string of the molecule is CC(=O)Oc1cn(C)c2cc(N3CCOCC3)c(C(C)Nc3nc(N)nc(N)c3C#N)nc12. The molecule has 0 aliphatic carbocycles. The topological polar surface area (TPSA) is 170 Å². The van der Waals surface area contributed by atoms with E-state index in [1.165, 1.54) is 6.92 Å². The number of rotatable bonds is 5. The minimum Gasteiger partial charge on any atom is -0.423 e. The summed E-state index contributed by atoms with van der Waals surface area (Å²) in [5.74, 6) is 0.114. The number of fused-ring (bicyclic) bond motifs is 1. The number of aryl methyl sites for hydroxylation is 1. The molecular weight excluding hydrogens is 426 g/mol. The van der Waals surface area contributed by atoms with E-state index in [0.29, 0.717) is 43.3 Å². The number of nitrogens with one attached hydrogen (secondary N) is 1. The molecule has 3 aromatic heterocycles. The summed E-state index contributed by atoms with van der Waals surface area (Å²) in [6.07, 6.45) is 1.73. The summed E-state index contributed by atoms with van der Waals surface area (Å²) in [4.78, 5) is 26.7. The fraction of sp³-hybridized carbons (Fsp3) is 0.381. The number of aromatic nitrogens is 4. The van der Waals surface area contributed by atoms with Crippen molar-refractivity contribution in [3.63, 3.8) is 0 Å². The highest BCUT2D eigenvalue weighted by atomic mass is 16.5. The highest BCUT2D eigenvalue weighted by Gasteiger charge is 2.25. The van der Waals surface area contributed by atoms with Crippen LogP contribution in [0.3, 0.4) is 0 Å². The van der Waals surface area contributed by atoms with Crippen LogP contribution in [0.4, 0.5) is 23.3 Å². The quantitative estimate of drug-likeness (QED) is 0.478. The summed E-state index contributed by atoms with van der Waals surface area (Å²) in [5, 5.41) is 12.7. The molecule has 0 radical (unpaired) electrons. The first kappa shape index (κ1) is 22.1. The molecule has 0 bridgehead atoms. The maximum absolute atomic E-state index is 11.6. The molecule has 0 amide bonds. The predicted molar refractivity (Wildman–Crippen MR) is 123 cm³/mol. The van der Waals surface area contributed by atoms with Gasteiger partial charge in [0.1, 0.15) is 23.0 Å². The van der Waals surface area contributed by atoms with E-state index in [2.05, 4.69) is 20.2 Å². The molecule has 12 nitrogen and oxygen atoms in total. The largest absolute Gasteiger partial charge is 0.423 e. The molecule has 1 unspecified atom stereocenters. The van der Waals surface area contributed by atoms with E-state index < -0.39 is 12.0 Å². The van der Waals surface area contributed by atoms with E-state index in [-0.39, 0.29) is 23.1 Å². The van der Waals surface area contributed by atoms with Gasteiger partial charge in [0.2, 0.25) is 5.95 Å². The van der Waals surface area contributed by atoms with Crippen molar-refractivity contribution in [3.05, 3.63) is 23.5 Å². The van der Waals surface area contributed by atoms with Crippen LogP contribution < -0.4 is 26.4 Å². The second kappa shape index (κ2) is 8.79. The van der Waals surface area contributed by atoms with Gasteiger partial charge in [0.25, 0.3) is 0 Å². The predicted octanol–water partition coefficient (Wildman–Crippen LogP) is 1.33. The van der Waals surface area contributed by atoms with Crippen LogP contribution in [0.1, 0.15) is 31.1 Å². The Morgan fingerprint density at radius 3 is 2.70 bits per heavy atom. The van der Waals surface area contributed by atoms with E-state index in [1.807, 2.05) is 30.7 Å². The van der Waals surface area contributed by atoms with Gasteiger partial charge in [-0.1, -0.05) is 0 Å². The Balaban J connectivity index is 1.83. The van der Waals surface area contributed by atoms with Crippen molar-refractivity contribution in [2.75, 3.05) is 48.0 Å². The molecule has 4 rings (SSSR count). The standard InChI is InChI=1S/C21H25N9O3/c1-11(25-20-13(9-22)19(23)27-21(24)28-20)17-15(30-4-6-32-7-5-30)8-14-18(26-17)16(10-29(14)3)33-12(2)31/h8,10-11H,4-7H2,1-3H3,(H5,23,24,25,27,28). The van der Waals surface area contributed by atoms with Gasteiger partial charge in [-0.2, -0.15) is 15.2 Å². The van der Waals surface area contributed by atoms with Crippen LogP contribution >= 0.6 is 0 Å². The number of carbonyl (C=O) groups is 1. The number of carbonyl (C=O) groups excluding carboxylic acids is 1. The highest BCUT2D eigenvalue weighted by molar-refractivity contribution is 5.88. The monoisotopic (exact) mass is 451 g/mol. The minimum atomic E-state index is -0.431. The average molecular weight is 451 g/mol. The number of nitriles is 1. The van der Waals surface area contributed by atoms with Crippen molar-refractivity contribution >= 4 is 40.3 Å². The van der Waals surface area contributed by atoms with Crippen molar-refractivity contribution in [2.24, 2.45) is 7.05 Å². The van der Waals surface area contributed by atoms with Crippen LogP contribution in [0.25, 0.3) is 11.0 Å². The van der Waals surface area contributed by atoms with Gasteiger partial charge in [0.15, 0.2) is 11.6 Å². The van der Waals surface area contributed by atoms with Crippen molar-refractivity contribution in [1.82, 2.24) is 19.5 Å². The number of morpholine rings is 1. The van der Waals surface area contributed by atoms with Crippen LogP contribution in [0, 0.1) is 11.3 Å². The zero-order valence-corrected chi connectivity index (χ0v) is 18.6. The van der Waals surface area contributed by atoms with Crippen molar-refractivity contribution in [1.29, 1.82) is 5.26 Å². The van der Waals surface area contributed by atoms with Gasteiger partial charge in [0, 0.05) is 33.3 Å². The zero-order valence-electron chi connectivity index (χ0n) is 18.6. The molecule has 33 heavy (non-hydrogen) atoms. The first-order valence-corrected chi connectivity index (χ1v) is 10.4. The molecule has 0 saturated carbocycles. The Labute approximate surface area is 190 Å². The maximum Gasteiger partial charge on any atom is 0.308 e. The molecular formula is C21H25N9O3. The number of pyridine rings is 1. The zero-order chi connectivity index (χ0) is 23.7. The average Bonchev–Trinajstić information content (AvgIpc) is 3.07. The van der Waals surface area contributed by atoms with Crippen LogP contribution in [-0.4, -0.2) is 51.8 Å². The molecule has 0 aromatic carbocycles. The van der Waals surface area contributed by atoms with E-state index in [1.54, 1.807) is 6.20 Å². The van der Waals surface area contributed by atoms with Gasteiger partial charge in [-0.15, -0.1) is 0 Å². The Morgan fingerprint density at radius 1 is 1.30 bits per heavy atom. The van der Waals surface area contributed by atoms with Gasteiger partial charge < -0.3 is 35.7 Å². The Morgan fingerprint density at radius 2 is 2.03 bits per heavy atom. The lowest BCUT2D eigenvalue weighted by atomic mass is 10.1. The Hall–Kier alpha value is -4.11. The molecule has 172 valence electrons. The molecule has 1 atom stereocenters. The fourth-order valence-electron chi connectivity index (χ4n) is 3.85. The van der Waals surface area contributed by atoms with Crippen LogP contribution in [0.5, 0.6) is 5.75 Å². The Bertz CT molecular complexity index is 1260. The maximum atomic E-state index is 11.6. The molecule has 1 aliphatic rings. The smallest absolute Gasteiger partial charge is 0.308 e. The fourth-order valence-corrected chi connectivity index (χ4v) is 3.85. The second-order valence-corrected chi connectivity index (χ2v) is 7.73. The number of nitrogen functional groups attached to an aromatic ring is 2. The number of ether oxygens (including phenoxy) is 2. The number of nitrogens with zero attached hydrogens (tertiary/aromatic N) is 6. The van der Waals surface area contributed by atoms with Gasteiger partial charge >= 0.3 is 5.97 Å². The summed E-state index contributed by atoms with van der Waals surface area (Å²) in [5.41, 5.74) is 14.7. The summed E-state index contributed by atoms with van der Waals surface area (Å²) in [6.45, 7) is 5.84. The molecule has 4 heterocycles. The lowest BCUT2D eigenvalue weighted by Gasteiger charge is -2.31. The third kappa shape index (κ3) is 4.31. The lowest BCUT2D eigenvalue weighted by Crippen LogP contribution is -2.37. The van der Waals surface area contributed by atoms with Crippen LogP contribution in [0.15, 0.2) is 12.3 Å². The summed E-state index contributed by atoms with van der Waals surface area (Å²) in [7, 11) is 1.87. The van der Waals surface area contributed by atoms with Crippen LogP contribution in [-0.2, 0) is 16.6 Å². The van der Waals surface area contributed by atoms with Crippen LogP contribution in [0.2, 0.25) is 0 Å². The van der Waals surface area contributed by atoms with E-state index in [9.17, 15) is 10.1 Å². The number of nitrogens with two attached hydrogens (primary N) is 2. The van der Waals surface area contributed by atoms with Crippen molar-refractivity contribution in [3.8, 4) is 11.8 Å². The first-order chi connectivity index (χ1) is 15.8. The molecule has 1 fully saturated rings. The lowest BCUT2D eigenvalue weighted by molar-refractivity contribution is -0.131. The highest BCUT2D eigenvalue weighted by Crippen LogP contribution is 2.35. The van der Waals surface area contributed by atoms with Gasteiger partial charge in [-0.05, 0) is 13.0 Å². The van der Waals surface area contributed by atoms with Crippen molar-refractivity contribution in [2.45, 2.75) is 19.9 Å². The first-order valence-electron chi connectivity index (χ1n) is 10.4. The molecule has 12 heteroatoms. The number of hydrogen-bond donors (Lipinski definition) is 3. The van der Waals surface area contributed by atoms with Gasteiger partial charge in [-0.3, -0.25) is 4.79 Å². The van der Waals surface area contributed by atoms with E-state index >= 15 is 0 Å². The third-order valence-electron chi connectivity index (χ3n) is 5.37. The molecule has 5 N–H and O–H groups in total. The summed E-state index contributed by atoms with van der Waals surface area (Å²) in [6, 6.07) is 3.63. The molecule has 3 aromatic rings. The van der Waals surface area contributed by atoms with E-state index in [0.717, 1.165) is 11.2 Å². The number of esters is 1. The molecule has 1 saturated heterocycles. The normalized spacial score (nSPS) is 14.7. The minimum absolute atomic E-state index is 0.00304.